The Balaban J connectivity index is 1.22. The number of ether oxygens (including phenoxy) is 9. The van der Waals surface area contributed by atoms with Crippen LogP contribution in [0.15, 0.2) is 152 Å². The van der Waals surface area contributed by atoms with Gasteiger partial charge in [0.2, 0.25) is 0 Å². The average molecular weight is 905 g/mol. The van der Waals surface area contributed by atoms with E-state index >= 15 is 0 Å². The van der Waals surface area contributed by atoms with Crippen molar-refractivity contribution in [3.8, 4) is 0 Å². The summed E-state index contributed by atoms with van der Waals surface area (Å²) in [5, 5.41) is 12.2. The van der Waals surface area contributed by atoms with Crippen molar-refractivity contribution < 1.29 is 66.9 Å². The van der Waals surface area contributed by atoms with E-state index in [-0.39, 0.29) is 34.1 Å². The van der Waals surface area contributed by atoms with E-state index in [4.69, 9.17) is 42.6 Å². The van der Waals surface area contributed by atoms with E-state index in [2.05, 4.69) is 0 Å². The number of thioether (sulfide) groups is 1. The molecule has 5 aromatic carbocycles. The Kier molecular flexibility index (Phi) is 15.0. The van der Waals surface area contributed by atoms with E-state index in [0.717, 1.165) is 0 Å². The molecule has 14 nitrogen and oxygen atoms in total. The third kappa shape index (κ3) is 11.1. The average Bonchev–Trinajstić information content (AvgIpc) is 3.34. The van der Waals surface area contributed by atoms with Gasteiger partial charge in [-0.1, -0.05) is 117 Å². The zero-order valence-corrected chi connectivity index (χ0v) is 36.3. The summed E-state index contributed by atoms with van der Waals surface area (Å²) < 4.78 is 57.0. The fourth-order valence-electron chi connectivity index (χ4n) is 7.67. The first kappa shape index (κ1) is 45.7. The zero-order chi connectivity index (χ0) is 45.3. The second kappa shape index (κ2) is 21.4. The molecule has 11 atom stereocenters. The van der Waals surface area contributed by atoms with Crippen molar-refractivity contribution in [3.63, 3.8) is 0 Å². The van der Waals surface area contributed by atoms with Gasteiger partial charge in [0.25, 0.3) is 0 Å². The van der Waals surface area contributed by atoms with E-state index in [0.29, 0.717) is 5.56 Å². The Morgan fingerprint density at radius 2 is 1.05 bits per heavy atom. The molecule has 3 aliphatic heterocycles. The van der Waals surface area contributed by atoms with Crippen molar-refractivity contribution >= 4 is 35.6 Å². The van der Waals surface area contributed by atoms with Crippen LogP contribution in [0.5, 0.6) is 0 Å². The molecule has 0 bridgehead atoms. The van der Waals surface area contributed by atoms with Crippen LogP contribution in [0, 0.1) is 0 Å². The van der Waals surface area contributed by atoms with Gasteiger partial charge in [0.1, 0.15) is 42.6 Å². The number of aliphatic hydroxyl groups excluding tert-OH is 1. The molecule has 15 heteroatoms. The summed E-state index contributed by atoms with van der Waals surface area (Å²) in [6.07, 6.45) is -13.3. The molecule has 3 saturated heterocycles. The van der Waals surface area contributed by atoms with E-state index in [9.17, 15) is 24.3 Å². The number of rotatable bonds is 14. The van der Waals surface area contributed by atoms with Gasteiger partial charge in [-0.15, -0.1) is 11.8 Å². The van der Waals surface area contributed by atoms with E-state index < -0.39 is 97.3 Å². The molecule has 0 aliphatic carbocycles. The van der Waals surface area contributed by atoms with Crippen molar-refractivity contribution in [2.24, 2.45) is 0 Å². The molecular formula is C50H48O14S. The third-order valence-corrected chi connectivity index (χ3v) is 12.0. The number of benzene rings is 5. The number of hydrogen-bond acceptors (Lipinski definition) is 15. The maximum Gasteiger partial charge on any atom is 0.338 e. The van der Waals surface area contributed by atoms with Crippen LogP contribution in [0.1, 0.15) is 67.1 Å². The zero-order valence-electron chi connectivity index (χ0n) is 35.4. The fraction of sp³-hybridized carbons (Fsp3) is 0.320. The minimum absolute atomic E-state index is 0.00497. The number of carbonyl (C=O) groups excluding carboxylic acids is 4. The highest BCUT2D eigenvalue weighted by atomic mass is 32.2. The lowest BCUT2D eigenvalue weighted by molar-refractivity contribution is -0.364. The molecule has 1 N–H and O–H groups in total. The highest BCUT2D eigenvalue weighted by Crippen LogP contribution is 2.41. The fourth-order valence-corrected chi connectivity index (χ4v) is 8.73. The molecule has 0 aromatic heterocycles. The number of fused-ring (bicyclic) bond motifs is 1. The topological polar surface area (TPSA) is 172 Å². The van der Waals surface area contributed by atoms with Gasteiger partial charge in [0, 0.05) is 10.8 Å². The summed E-state index contributed by atoms with van der Waals surface area (Å²) in [4.78, 5) is 55.8. The second-order valence-electron chi connectivity index (χ2n) is 15.7. The number of aliphatic hydroxyl groups is 1. The number of carbonyl (C=O) groups is 4. The third-order valence-electron chi connectivity index (χ3n) is 10.8. The Morgan fingerprint density at radius 1 is 0.585 bits per heavy atom. The first-order valence-corrected chi connectivity index (χ1v) is 22.2. The predicted octanol–water partition coefficient (Wildman–Crippen LogP) is 6.97. The molecule has 0 spiro atoms. The minimum atomic E-state index is -1.70. The summed E-state index contributed by atoms with van der Waals surface area (Å²) in [5.74, 6) is -3.30. The maximum atomic E-state index is 14.2. The molecular weight excluding hydrogens is 857 g/mol. The highest BCUT2D eigenvalue weighted by molar-refractivity contribution is 8.00. The van der Waals surface area contributed by atoms with Crippen LogP contribution in [-0.2, 0) is 42.6 Å². The molecule has 3 heterocycles. The van der Waals surface area contributed by atoms with Crippen LogP contribution in [0.4, 0.5) is 0 Å². The maximum absolute atomic E-state index is 14.2. The normalized spacial score (nSPS) is 27.4. The lowest BCUT2D eigenvalue weighted by Crippen LogP contribution is -2.67. The lowest BCUT2D eigenvalue weighted by Gasteiger charge is -2.50. The largest absolute Gasteiger partial charge is 0.459 e. The highest BCUT2D eigenvalue weighted by Gasteiger charge is 2.57. The lowest BCUT2D eigenvalue weighted by atomic mass is 9.96. The van der Waals surface area contributed by atoms with Gasteiger partial charge in [-0.25, -0.2) is 19.2 Å². The van der Waals surface area contributed by atoms with Gasteiger partial charge in [0.15, 0.2) is 30.9 Å². The molecule has 0 unspecified atom stereocenters. The van der Waals surface area contributed by atoms with Crippen molar-refractivity contribution in [1.29, 1.82) is 0 Å². The van der Waals surface area contributed by atoms with Crippen molar-refractivity contribution in [2.45, 2.75) is 85.9 Å². The molecule has 65 heavy (non-hydrogen) atoms. The molecule has 338 valence electrons. The molecule has 0 amide bonds. The summed E-state index contributed by atoms with van der Waals surface area (Å²) in [6, 6.07) is 41.7. The molecule has 0 radical (unpaired) electrons. The minimum Gasteiger partial charge on any atom is -0.459 e. The van der Waals surface area contributed by atoms with Crippen molar-refractivity contribution in [1.82, 2.24) is 0 Å². The standard InChI is InChI=1S/C50H48O14S/c1-30(2)65-50-38(51)41(39-37(59-50)29-57-48(63-39)35-26-16-7-17-27-35)64-49-43(62-47(55)34-24-14-6-15-25-34)42(61-46(54)33-22-12-5-13-23-33)40(60-45(53)32-20-10-4-11-21-32)36(58-49)28-56-44(52)31-18-8-3-9-19-31/h3-27,30,36-43,48-51H,28-29H2,1-2H3/t36-,37-,38-,39+,40-,41-,42+,43-,48+,49+,50+/m1/s1. The second-order valence-corrected chi connectivity index (χ2v) is 17.4. The van der Waals surface area contributed by atoms with Crippen molar-refractivity contribution in [3.05, 3.63) is 179 Å². The predicted molar refractivity (Wildman–Crippen MR) is 235 cm³/mol. The van der Waals surface area contributed by atoms with Crippen LogP contribution in [-0.4, -0.2) is 108 Å². The summed E-state index contributed by atoms with van der Waals surface area (Å²) in [5.41, 5.74) is 0.497. The van der Waals surface area contributed by atoms with Crippen molar-refractivity contribution in [2.75, 3.05) is 13.2 Å². The van der Waals surface area contributed by atoms with Crippen LogP contribution in [0.25, 0.3) is 0 Å². The van der Waals surface area contributed by atoms with Gasteiger partial charge < -0.3 is 47.7 Å². The molecule has 0 saturated carbocycles. The van der Waals surface area contributed by atoms with Crippen LogP contribution in [0.3, 0.4) is 0 Å². The molecule has 3 aliphatic rings. The number of hydrogen-bond donors (Lipinski definition) is 1. The smallest absolute Gasteiger partial charge is 0.338 e. The van der Waals surface area contributed by atoms with Gasteiger partial charge in [-0.2, -0.15) is 0 Å². The van der Waals surface area contributed by atoms with Gasteiger partial charge in [0.05, 0.1) is 28.9 Å². The molecule has 8 rings (SSSR count). The van der Waals surface area contributed by atoms with Gasteiger partial charge in [-0.3, -0.25) is 0 Å². The first-order valence-electron chi connectivity index (χ1n) is 21.2. The summed E-state index contributed by atoms with van der Waals surface area (Å²) in [7, 11) is 0. The SMILES string of the molecule is CC(C)S[C@@H]1O[C@@H]2CO[C@H](c3ccccc3)O[C@@H]2[C@H](O[C@@H]2O[C@H](COC(=O)c3ccccc3)[C@@H](OC(=O)c3ccccc3)[C@H](OC(=O)c3ccccc3)[C@H]2OC(=O)c2ccccc2)[C@H]1O. The Morgan fingerprint density at radius 3 is 1.55 bits per heavy atom. The van der Waals surface area contributed by atoms with Gasteiger partial charge >= 0.3 is 23.9 Å². The Bertz CT molecular complexity index is 2340. The van der Waals surface area contributed by atoms with Crippen LogP contribution < -0.4 is 0 Å². The first-order chi connectivity index (χ1) is 31.6. The molecule has 5 aromatic rings. The summed E-state index contributed by atoms with van der Waals surface area (Å²) >= 11 is 1.36. The van der Waals surface area contributed by atoms with E-state index in [1.54, 1.807) is 84.9 Å². The van der Waals surface area contributed by atoms with Gasteiger partial charge in [-0.05, 0) is 48.5 Å². The Hall–Kier alpha value is -5.91. The van der Waals surface area contributed by atoms with E-state index in [1.165, 1.54) is 48.2 Å². The Labute approximate surface area is 380 Å². The molecule has 3 fully saturated rings. The van der Waals surface area contributed by atoms with Crippen LogP contribution >= 0.6 is 11.8 Å². The monoisotopic (exact) mass is 904 g/mol. The van der Waals surface area contributed by atoms with E-state index in [1.807, 2.05) is 44.2 Å². The van der Waals surface area contributed by atoms with Crippen LogP contribution in [0.2, 0.25) is 0 Å². The number of esters is 4. The quantitative estimate of drug-likeness (QED) is 0.0894. The summed E-state index contributed by atoms with van der Waals surface area (Å²) in [6.45, 7) is 3.41.